The van der Waals surface area contributed by atoms with Gasteiger partial charge in [-0.2, -0.15) is 0 Å². The van der Waals surface area contributed by atoms with Crippen LogP contribution < -0.4 is 5.32 Å². The number of anilines is 1. The highest BCUT2D eigenvalue weighted by atomic mass is 35.5. The van der Waals surface area contributed by atoms with Gasteiger partial charge in [0, 0.05) is 0 Å². The Balaban J connectivity index is 2.42. The van der Waals surface area contributed by atoms with E-state index in [1.54, 1.807) is 6.07 Å². The third-order valence-electron chi connectivity index (χ3n) is 4.69. The first kappa shape index (κ1) is 16.2. The van der Waals surface area contributed by atoms with Crippen molar-refractivity contribution in [3.63, 3.8) is 0 Å². The van der Waals surface area contributed by atoms with Gasteiger partial charge in [0.2, 0.25) is 0 Å². The fraction of sp³-hybridized carbons (Fsp3) is 0.588. The van der Waals surface area contributed by atoms with Crippen LogP contribution in [0.1, 0.15) is 40.0 Å². The molecule has 0 bridgehead atoms. The molecule has 3 atom stereocenters. The molecule has 21 heavy (non-hydrogen) atoms. The molecule has 2 rings (SSSR count). The van der Waals surface area contributed by atoms with E-state index in [1.807, 2.05) is 18.2 Å². The molecular formula is C17H24ClNO2. The van der Waals surface area contributed by atoms with Crippen molar-refractivity contribution in [1.82, 2.24) is 0 Å². The third kappa shape index (κ3) is 3.18. The minimum absolute atomic E-state index is 0.0995. The van der Waals surface area contributed by atoms with Crippen LogP contribution in [0.25, 0.3) is 0 Å². The van der Waals surface area contributed by atoms with Gasteiger partial charge in [-0.3, -0.25) is 0 Å². The summed E-state index contributed by atoms with van der Waals surface area (Å²) in [6.45, 7) is 6.34. The maximum absolute atomic E-state index is 12.1. The smallest absolute Gasteiger partial charge is 0.329 e. The van der Waals surface area contributed by atoms with Gasteiger partial charge in [-0.1, -0.05) is 50.9 Å². The average Bonchev–Trinajstić information content (AvgIpc) is 2.41. The van der Waals surface area contributed by atoms with Gasteiger partial charge in [0.05, 0.1) is 10.7 Å². The Hall–Kier alpha value is -1.22. The van der Waals surface area contributed by atoms with Crippen LogP contribution in [-0.2, 0) is 4.79 Å². The monoisotopic (exact) mass is 309 g/mol. The van der Waals surface area contributed by atoms with Crippen molar-refractivity contribution in [3.05, 3.63) is 29.3 Å². The van der Waals surface area contributed by atoms with E-state index >= 15 is 0 Å². The summed E-state index contributed by atoms with van der Waals surface area (Å²) in [5.41, 5.74) is -0.224. The van der Waals surface area contributed by atoms with Crippen molar-refractivity contribution in [2.75, 3.05) is 5.32 Å². The molecule has 116 valence electrons. The number of hydrogen-bond acceptors (Lipinski definition) is 2. The molecule has 0 amide bonds. The highest BCUT2D eigenvalue weighted by Crippen LogP contribution is 2.44. The Morgan fingerprint density at radius 2 is 2.05 bits per heavy atom. The standard InChI is InChI=1S/C17H24ClNO2/c1-11(2)13-9-8-12(3)10-17(13,16(20)21)19-15-7-5-4-6-14(15)18/h4-7,11-13,19H,8-10H2,1-3H3,(H,20,21). The molecule has 0 heterocycles. The first-order chi connectivity index (χ1) is 9.86. The Bertz CT molecular complexity index is 517. The van der Waals surface area contributed by atoms with Crippen molar-refractivity contribution in [1.29, 1.82) is 0 Å². The molecule has 0 aliphatic heterocycles. The van der Waals surface area contributed by atoms with Gasteiger partial charge in [-0.25, -0.2) is 4.79 Å². The maximum atomic E-state index is 12.1. The second-order valence-corrected chi connectivity index (χ2v) is 7.03. The van der Waals surface area contributed by atoms with E-state index in [4.69, 9.17) is 11.6 Å². The minimum atomic E-state index is -0.934. The van der Waals surface area contributed by atoms with Gasteiger partial charge < -0.3 is 10.4 Å². The largest absolute Gasteiger partial charge is 0.479 e. The van der Waals surface area contributed by atoms with Gasteiger partial charge in [0.15, 0.2) is 0 Å². The quantitative estimate of drug-likeness (QED) is 0.850. The highest BCUT2D eigenvalue weighted by Gasteiger charge is 2.50. The van der Waals surface area contributed by atoms with Crippen LogP contribution in [0.5, 0.6) is 0 Å². The van der Waals surface area contributed by atoms with Crippen molar-refractivity contribution in [3.8, 4) is 0 Å². The lowest BCUT2D eigenvalue weighted by molar-refractivity contribution is -0.147. The van der Waals surface area contributed by atoms with Crippen LogP contribution >= 0.6 is 11.6 Å². The van der Waals surface area contributed by atoms with Gasteiger partial charge >= 0.3 is 5.97 Å². The van der Waals surface area contributed by atoms with Gasteiger partial charge in [0.1, 0.15) is 5.54 Å². The van der Waals surface area contributed by atoms with Crippen molar-refractivity contribution in [2.45, 2.75) is 45.6 Å². The molecule has 2 N–H and O–H groups in total. The zero-order valence-corrected chi connectivity index (χ0v) is 13.7. The molecule has 0 aromatic heterocycles. The van der Waals surface area contributed by atoms with Crippen LogP contribution in [0.4, 0.5) is 5.69 Å². The van der Waals surface area contributed by atoms with E-state index in [0.29, 0.717) is 29.0 Å². The molecule has 0 radical (unpaired) electrons. The van der Waals surface area contributed by atoms with E-state index in [1.165, 1.54) is 0 Å². The summed E-state index contributed by atoms with van der Waals surface area (Å²) in [5.74, 6) is 0.0322. The number of rotatable bonds is 4. The van der Waals surface area contributed by atoms with E-state index in [9.17, 15) is 9.90 Å². The summed E-state index contributed by atoms with van der Waals surface area (Å²) < 4.78 is 0. The van der Waals surface area contributed by atoms with Crippen LogP contribution in [0.15, 0.2) is 24.3 Å². The SMILES string of the molecule is CC1CCC(C(C)C)C(Nc2ccccc2Cl)(C(=O)O)C1. The van der Waals surface area contributed by atoms with E-state index < -0.39 is 11.5 Å². The number of hydrogen-bond donors (Lipinski definition) is 2. The lowest BCUT2D eigenvalue weighted by Crippen LogP contribution is -2.57. The first-order valence-electron chi connectivity index (χ1n) is 7.63. The van der Waals surface area contributed by atoms with Crippen LogP contribution in [0.2, 0.25) is 5.02 Å². The Labute approximate surface area is 131 Å². The third-order valence-corrected chi connectivity index (χ3v) is 5.02. The highest BCUT2D eigenvalue weighted by molar-refractivity contribution is 6.33. The van der Waals surface area contributed by atoms with Crippen molar-refractivity contribution >= 4 is 23.3 Å². The first-order valence-corrected chi connectivity index (χ1v) is 8.00. The number of benzene rings is 1. The average molecular weight is 310 g/mol. The second-order valence-electron chi connectivity index (χ2n) is 6.62. The summed E-state index contributed by atoms with van der Waals surface area (Å²) in [4.78, 5) is 12.1. The molecular weight excluding hydrogens is 286 g/mol. The lowest BCUT2D eigenvalue weighted by Gasteiger charge is -2.46. The Morgan fingerprint density at radius 3 is 2.62 bits per heavy atom. The second kappa shape index (κ2) is 6.27. The molecule has 1 fully saturated rings. The summed E-state index contributed by atoms with van der Waals surface area (Å²) in [6.07, 6.45) is 2.65. The molecule has 0 spiro atoms. The summed E-state index contributed by atoms with van der Waals surface area (Å²) in [6, 6.07) is 7.37. The molecule has 1 aliphatic carbocycles. The van der Waals surface area contributed by atoms with Crippen LogP contribution in [0, 0.1) is 17.8 Å². The minimum Gasteiger partial charge on any atom is -0.479 e. The van der Waals surface area contributed by atoms with E-state index in [-0.39, 0.29) is 5.92 Å². The predicted octanol–water partition coefficient (Wildman–Crippen LogP) is 4.67. The van der Waals surface area contributed by atoms with Crippen LogP contribution in [-0.4, -0.2) is 16.6 Å². The summed E-state index contributed by atoms with van der Waals surface area (Å²) in [5, 5.41) is 13.8. The zero-order valence-electron chi connectivity index (χ0n) is 12.9. The van der Waals surface area contributed by atoms with Gasteiger partial charge in [0.25, 0.3) is 0 Å². The molecule has 1 saturated carbocycles. The van der Waals surface area contributed by atoms with Crippen LogP contribution in [0.3, 0.4) is 0 Å². The molecule has 3 unspecified atom stereocenters. The van der Waals surface area contributed by atoms with Gasteiger partial charge in [-0.15, -0.1) is 0 Å². The fourth-order valence-corrected chi connectivity index (χ4v) is 3.84. The molecule has 3 nitrogen and oxygen atoms in total. The summed E-state index contributed by atoms with van der Waals surface area (Å²) >= 11 is 6.22. The number of carbonyl (C=O) groups is 1. The molecule has 0 saturated heterocycles. The molecule has 1 aromatic rings. The fourth-order valence-electron chi connectivity index (χ4n) is 3.66. The molecule has 4 heteroatoms. The number of nitrogens with one attached hydrogen (secondary N) is 1. The molecule has 1 aromatic carbocycles. The normalized spacial score (nSPS) is 29.4. The van der Waals surface area contributed by atoms with E-state index in [0.717, 1.165) is 12.8 Å². The van der Waals surface area contributed by atoms with Crippen molar-refractivity contribution < 1.29 is 9.90 Å². The summed E-state index contributed by atoms with van der Waals surface area (Å²) in [7, 11) is 0. The topological polar surface area (TPSA) is 49.3 Å². The Kier molecular flexibility index (Phi) is 4.82. The van der Waals surface area contributed by atoms with Crippen molar-refractivity contribution in [2.24, 2.45) is 17.8 Å². The lowest BCUT2D eigenvalue weighted by atomic mass is 9.64. The predicted molar refractivity (Wildman–Crippen MR) is 86.8 cm³/mol. The zero-order chi connectivity index (χ0) is 15.6. The maximum Gasteiger partial charge on any atom is 0.329 e. The number of para-hydroxylation sites is 1. The number of aliphatic carboxylic acids is 1. The molecule has 1 aliphatic rings. The number of carboxylic acids is 1. The van der Waals surface area contributed by atoms with Gasteiger partial charge in [-0.05, 0) is 42.7 Å². The Morgan fingerprint density at radius 1 is 1.38 bits per heavy atom. The number of halogens is 1. The number of carboxylic acid groups (broad SMARTS) is 1. The van der Waals surface area contributed by atoms with E-state index in [2.05, 4.69) is 26.1 Å².